The van der Waals surface area contributed by atoms with Crippen LogP contribution in [0.5, 0.6) is 0 Å². The maximum Gasteiger partial charge on any atom is 0.472 e. The molecule has 8 nitrogen and oxygen atoms in total. The second kappa shape index (κ2) is 33.2. The van der Waals surface area contributed by atoms with Crippen LogP contribution in [0.1, 0.15) is 162 Å². The molecule has 0 heterocycles. The van der Waals surface area contributed by atoms with Gasteiger partial charge in [-0.25, -0.2) is 4.57 Å². The lowest BCUT2D eigenvalue weighted by atomic mass is 10.1. The first-order chi connectivity index (χ1) is 22.3. The molecule has 0 aromatic carbocycles. The molecule has 9 heteroatoms. The molecule has 0 bridgehead atoms. The van der Waals surface area contributed by atoms with E-state index in [1.165, 1.54) is 51.4 Å². The van der Waals surface area contributed by atoms with Crippen LogP contribution in [-0.4, -0.2) is 43.3 Å². The SMILES string of the molecule is CCC/C=C\CCCCCCCC(=O)OCC(COP(=O)(O)OC)OC(=O)CCCCCCCCC/C=C\C/C=C\CCCCC. The minimum Gasteiger partial charge on any atom is -0.462 e. The van der Waals surface area contributed by atoms with Crippen molar-refractivity contribution >= 4 is 19.8 Å². The van der Waals surface area contributed by atoms with E-state index in [4.69, 9.17) is 14.0 Å². The number of ether oxygens (including phenoxy) is 2. The Balaban J connectivity index is 4.08. The molecule has 0 aliphatic heterocycles. The number of rotatable bonds is 33. The lowest BCUT2D eigenvalue weighted by Crippen LogP contribution is -2.29. The molecule has 0 aliphatic rings. The highest BCUT2D eigenvalue weighted by Crippen LogP contribution is 2.42. The van der Waals surface area contributed by atoms with Crippen LogP contribution < -0.4 is 0 Å². The number of esters is 2. The zero-order chi connectivity index (χ0) is 34.0. The Hall–Kier alpha value is -1.73. The van der Waals surface area contributed by atoms with Gasteiger partial charge in [-0.05, 0) is 64.2 Å². The van der Waals surface area contributed by atoms with Gasteiger partial charge in [0.2, 0.25) is 0 Å². The molecule has 2 unspecified atom stereocenters. The van der Waals surface area contributed by atoms with E-state index in [9.17, 15) is 19.0 Å². The summed E-state index contributed by atoms with van der Waals surface area (Å²) in [5.41, 5.74) is 0. The summed E-state index contributed by atoms with van der Waals surface area (Å²) in [5, 5.41) is 0. The third-order valence-electron chi connectivity index (χ3n) is 7.59. The molecule has 0 saturated heterocycles. The van der Waals surface area contributed by atoms with Gasteiger partial charge in [0.1, 0.15) is 6.61 Å². The maximum absolute atomic E-state index is 12.4. The number of hydrogen-bond donors (Lipinski definition) is 1. The summed E-state index contributed by atoms with van der Waals surface area (Å²) in [7, 11) is -3.20. The van der Waals surface area contributed by atoms with Gasteiger partial charge in [0.25, 0.3) is 0 Å². The Morgan fingerprint density at radius 1 is 0.609 bits per heavy atom. The number of allylic oxidation sites excluding steroid dienone is 6. The molecule has 46 heavy (non-hydrogen) atoms. The summed E-state index contributed by atoms with van der Waals surface area (Å²) in [6.45, 7) is 3.77. The van der Waals surface area contributed by atoms with Gasteiger partial charge in [-0.3, -0.25) is 18.6 Å². The van der Waals surface area contributed by atoms with Crippen LogP contribution in [0, 0.1) is 0 Å². The van der Waals surface area contributed by atoms with Crippen molar-refractivity contribution in [3.8, 4) is 0 Å². The van der Waals surface area contributed by atoms with E-state index < -0.39 is 26.5 Å². The second-order valence-corrected chi connectivity index (χ2v) is 13.6. The third kappa shape index (κ3) is 32.2. The Morgan fingerprint density at radius 3 is 1.63 bits per heavy atom. The molecule has 0 rings (SSSR count). The molecule has 0 aromatic rings. The smallest absolute Gasteiger partial charge is 0.462 e. The highest BCUT2D eigenvalue weighted by atomic mass is 31.2. The van der Waals surface area contributed by atoms with Crippen LogP contribution in [0.3, 0.4) is 0 Å². The molecule has 0 aliphatic carbocycles. The predicted octanol–water partition coefficient (Wildman–Crippen LogP) is 10.9. The van der Waals surface area contributed by atoms with Crippen molar-refractivity contribution < 1.29 is 37.6 Å². The summed E-state index contributed by atoms with van der Waals surface area (Å²) in [6.07, 6.45) is 36.2. The first kappa shape index (κ1) is 44.3. The molecule has 268 valence electrons. The molecule has 1 N–H and O–H groups in total. The van der Waals surface area contributed by atoms with E-state index >= 15 is 0 Å². The molecule has 0 spiro atoms. The van der Waals surface area contributed by atoms with Crippen LogP contribution in [0.4, 0.5) is 0 Å². The summed E-state index contributed by atoms with van der Waals surface area (Å²) in [4.78, 5) is 34.2. The number of carbonyl (C=O) groups excluding carboxylic acids is 2. The van der Waals surface area contributed by atoms with Gasteiger partial charge in [-0.2, -0.15) is 0 Å². The zero-order valence-corrected chi connectivity index (χ0v) is 30.4. The van der Waals surface area contributed by atoms with E-state index in [1.807, 2.05) is 0 Å². The summed E-state index contributed by atoms with van der Waals surface area (Å²) in [6, 6.07) is 0. The first-order valence-electron chi connectivity index (χ1n) is 18.2. The van der Waals surface area contributed by atoms with Crippen molar-refractivity contribution in [1.29, 1.82) is 0 Å². The normalized spacial score (nSPS) is 13.9. The number of phosphoric ester groups is 1. The monoisotopic (exact) mass is 670 g/mol. The largest absolute Gasteiger partial charge is 0.472 e. The Bertz CT molecular complexity index is 854. The molecule has 0 radical (unpaired) electrons. The molecule has 0 saturated carbocycles. The average molecular weight is 671 g/mol. The first-order valence-corrected chi connectivity index (χ1v) is 19.7. The molecular weight excluding hydrogens is 603 g/mol. The zero-order valence-electron chi connectivity index (χ0n) is 29.5. The van der Waals surface area contributed by atoms with Crippen LogP contribution >= 0.6 is 7.82 Å². The number of carbonyl (C=O) groups is 2. The number of unbranched alkanes of at least 4 members (excludes halogenated alkanes) is 16. The van der Waals surface area contributed by atoms with E-state index in [-0.39, 0.29) is 25.4 Å². The number of hydrogen-bond acceptors (Lipinski definition) is 7. The lowest BCUT2D eigenvalue weighted by molar-refractivity contribution is -0.161. The fraction of sp³-hybridized carbons (Fsp3) is 0.784. The topological polar surface area (TPSA) is 108 Å². The second-order valence-electron chi connectivity index (χ2n) is 12.0. The van der Waals surface area contributed by atoms with Crippen LogP contribution in [-0.2, 0) is 32.7 Å². The van der Waals surface area contributed by atoms with E-state index in [2.05, 4.69) is 54.8 Å². The van der Waals surface area contributed by atoms with Gasteiger partial charge >= 0.3 is 19.8 Å². The average Bonchev–Trinajstić information content (AvgIpc) is 3.04. The Morgan fingerprint density at radius 2 is 1.09 bits per heavy atom. The maximum atomic E-state index is 12.4. The minimum absolute atomic E-state index is 0.233. The van der Waals surface area contributed by atoms with Crippen molar-refractivity contribution in [2.24, 2.45) is 0 Å². The fourth-order valence-electron chi connectivity index (χ4n) is 4.75. The van der Waals surface area contributed by atoms with Crippen molar-refractivity contribution in [3.05, 3.63) is 36.5 Å². The van der Waals surface area contributed by atoms with Gasteiger partial charge in [0.05, 0.1) is 6.61 Å². The molecular formula is C37H67O8P. The van der Waals surface area contributed by atoms with Crippen LogP contribution in [0.25, 0.3) is 0 Å². The van der Waals surface area contributed by atoms with E-state index in [1.54, 1.807) is 0 Å². The molecule has 0 fully saturated rings. The highest BCUT2D eigenvalue weighted by Gasteiger charge is 2.24. The van der Waals surface area contributed by atoms with Crippen LogP contribution in [0.15, 0.2) is 36.5 Å². The van der Waals surface area contributed by atoms with Gasteiger partial charge in [0, 0.05) is 20.0 Å². The van der Waals surface area contributed by atoms with Gasteiger partial charge < -0.3 is 14.4 Å². The Labute approximate surface area is 281 Å². The fourth-order valence-corrected chi connectivity index (χ4v) is 5.21. The Kier molecular flexibility index (Phi) is 31.9. The molecule has 2 atom stereocenters. The van der Waals surface area contributed by atoms with Gasteiger partial charge in [0.15, 0.2) is 6.10 Å². The summed E-state index contributed by atoms with van der Waals surface area (Å²) in [5.74, 6) is -0.828. The summed E-state index contributed by atoms with van der Waals surface area (Å²) >= 11 is 0. The van der Waals surface area contributed by atoms with Crippen molar-refractivity contribution in [2.75, 3.05) is 20.3 Å². The highest BCUT2D eigenvalue weighted by molar-refractivity contribution is 7.47. The van der Waals surface area contributed by atoms with Crippen molar-refractivity contribution in [3.63, 3.8) is 0 Å². The standard InChI is InChI=1S/C37H67O8P/c1-4-6-8-10-12-14-16-17-18-19-20-21-22-24-26-28-30-32-37(39)45-35(34-44-46(40,41)42-3)33-43-36(38)31-29-27-25-23-15-13-11-9-7-5-2/h9,11-12,14,17-18,35H,4-8,10,13,15-16,19-34H2,1-3H3,(H,40,41)/b11-9-,14-12-,18-17-. The lowest BCUT2D eigenvalue weighted by Gasteiger charge is -2.19. The third-order valence-corrected chi connectivity index (χ3v) is 8.52. The minimum atomic E-state index is -4.26. The molecule has 0 amide bonds. The van der Waals surface area contributed by atoms with E-state index in [0.29, 0.717) is 6.42 Å². The quantitative estimate of drug-likeness (QED) is 0.0318. The predicted molar refractivity (Wildman–Crippen MR) is 189 cm³/mol. The summed E-state index contributed by atoms with van der Waals surface area (Å²) < 4.78 is 31.8. The molecule has 0 aromatic heterocycles. The van der Waals surface area contributed by atoms with Gasteiger partial charge in [-0.1, -0.05) is 121 Å². The van der Waals surface area contributed by atoms with E-state index in [0.717, 1.165) is 84.2 Å². The van der Waals surface area contributed by atoms with Crippen molar-refractivity contribution in [2.45, 2.75) is 168 Å². The number of phosphoric acid groups is 1. The van der Waals surface area contributed by atoms with Crippen molar-refractivity contribution in [1.82, 2.24) is 0 Å². The van der Waals surface area contributed by atoms with Crippen LogP contribution in [0.2, 0.25) is 0 Å². The van der Waals surface area contributed by atoms with Gasteiger partial charge in [-0.15, -0.1) is 0 Å².